The number of aryl methyl sites for hydroxylation is 1. The first-order chi connectivity index (χ1) is 13.8. The molecule has 0 spiro atoms. The average Bonchev–Trinajstić information content (AvgIpc) is 3.11. The van der Waals surface area contributed by atoms with Gasteiger partial charge in [0.15, 0.2) is 0 Å². The minimum Gasteiger partial charge on any atom is -0.477 e. The lowest BCUT2D eigenvalue weighted by Gasteiger charge is -2.34. The number of hydrogen-bond donors (Lipinski definition) is 1. The summed E-state index contributed by atoms with van der Waals surface area (Å²) in [6.45, 7) is 2.92. The van der Waals surface area contributed by atoms with Gasteiger partial charge in [-0.05, 0) is 25.1 Å². The van der Waals surface area contributed by atoms with Gasteiger partial charge in [-0.1, -0.05) is 0 Å². The monoisotopic (exact) mass is 421 g/mol. The fourth-order valence-corrected chi connectivity index (χ4v) is 4.67. The van der Waals surface area contributed by atoms with Crippen molar-refractivity contribution in [2.75, 3.05) is 32.8 Å². The van der Waals surface area contributed by atoms with E-state index in [-0.39, 0.29) is 48.6 Å². The van der Waals surface area contributed by atoms with E-state index in [0.717, 1.165) is 0 Å². The zero-order valence-electron chi connectivity index (χ0n) is 16.2. The molecule has 1 saturated heterocycles. The van der Waals surface area contributed by atoms with Gasteiger partial charge in [-0.3, -0.25) is 9.59 Å². The molecule has 0 unspecified atom stereocenters. The third-order valence-electron chi connectivity index (χ3n) is 4.68. The Morgan fingerprint density at radius 1 is 1.24 bits per heavy atom. The summed E-state index contributed by atoms with van der Waals surface area (Å²) in [6, 6.07) is 4.56. The molecule has 3 heterocycles. The number of hydrogen-bond acceptors (Lipinski definition) is 6. The highest BCUT2D eigenvalue weighted by atomic mass is 32.2. The number of ether oxygens (including phenoxy) is 1. The number of sulfonamides is 1. The summed E-state index contributed by atoms with van der Waals surface area (Å²) >= 11 is 0. The number of carbonyl (C=O) groups excluding carboxylic acids is 2. The lowest BCUT2D eigenvalue weighted by Crippen LogP contribution is -2.50. The highest BCUT2D eigenvalue weighted by Crippen LogP contribution is 2.22. The van der Waals surface area contributed by atoms with Gasteiger partial charge in [-0.2, -0.15) is 4.31 Å². The summed E-state index contributed by atoms with van der Waals surface area (Å²) in [5.41, 5.74) is 5.72. The van der Waals surface area contributed by atoms with Crippen LogP contribution in [0.15, 0.2) is 35.5 Å². The van der Waals surface area contributed by atoms with Crippen molar-refractivity contribution in [2.45, 2.75) is 11.8 Å². The second-order valence-corrected chi connectivity index (χ2v) is 8.46. The van der Waals surface area contributed by atoms with Gasteiger partial charge in [0.2, 0.25) is 15.9 Å². The van der Waals surface area contributed by atoms with Crippen LogP contribution in [0.2, 0.25) is 0 Å². The molecule has 11 heteroatoms. The molecular formula is C18H23N5O5S. The third-order valence-corrected chi connectivity index (χ3v) is 6.54. The van der Waals surface area contributed by atoms with Crippen molar-refractivity contribution in [3.8, 4) is 5.88 Å². The lowest BCUT2D eigenvalue weighted by atomic mass is 10.2. The Bertz CT molecular complexity index is 1030. The topological polar surface area (TPSA) is 128 Å². The number of amides is 2. The minimum atomic E-state index is -3.80. The van der Waals surface area contributed by atoms with Crippen LogP contribution in [-0.4, -0.2) is 71.8 Å². The van der Waals surface area contributed by atoms with E-state index in [1.165, 1.54) is 21.1 Å². The van der Waals surface area contributed by atoms with Gasteiger partial charge in [0.05, 0.1) is 6.61 Å². The van der Waals surface area contributed by atoms with Gasteiger partial charge in [-0.15, -0.1) is 0 Å². The molecule has 10 nitrogen and oxygen atoms in total. The Hall–Kier alpha value is -2.92. The van der Waals surface area contributed by atoms with Crippen LogP contribution in [0.5, 0.6) is 5.88 Å². The van der Waals surface area contributed by atoms with Crippen molar-refractivity contribution < 1.29 is 22.7 Å². The molecule has 2 aromatic heterocycles. The zero-order valence-corrected chi connectivity index (χ0v) is 17.1. The summed E-state index contributed by atoms with van der Waals surface area (Å²) < 4.78 is 33.9. The normalized spacial score (nSPS) is 15.3. The number of nitrogens with zero attached hydrogens (tertiary/aromatic N) is 4. The molecule has 0 radical (unpaired) electrons. The van der Waals surface area contributed by atoms with Gasteiger partial charge < -0.3 is 19.9 Å². The van der Waals surface area contributed by atoms with Crippen molar-refractivity contribution in [3.63, 3.8) is 0 Å². The van der Waals surface area contributed by atoms with Gasteiger partial charge in [-0.25, -0.2) is 13.4 Å². The molecule has 2 N–H and O–H groups in total. The summed E-state index contributed by atoms with van der Waals surface area (Å²) in [7, 11) is -2.24. The Balaban J connectivity index is 1.72. The summed E-state index contributed by atoms with van der Waals surface area (Å²) in [5, 5.41) is 0. The van der Waals surface area contributed by atoms with Crippen LogP contribution in [0.1, 0.15) is 27.8 Å². The molecule has 29 heavy (non-hydrogen) atoms. The quantitative estimate of drug-likeness (QED) is 0.703. The van der Waals surface area contributed by atoms with Crippen molar-refractivity contribution >= 4 is 21.8 Å². The number of piperazine rings is 1. The number of pyridine rings is 1. The predicted octanol–water partition coefficient (Wildman–Crippen LogP) is 0.0644. The van der Waals surface area contributed by atoms with Crippen molar-refractivity contribution in [2.24, 2.45) is 12.8 Å². The Morgan fingerprint density at radius 2 is 1.93 bits per heavy atom. The lowest BCUT2D eigenvalue weighted by molar-refractivity contribution is 0.0692. The van der Waals surface area contributed by atoms with Gasteiger partial charge >= 0.3 is 0 Å². The van der Waals surface area contributed by atoms with E-state index < -0.39 is 15.9 Å². The first-order valence-electron chi connectivity index (χ1n) is 9.09. The van der Waals surface area contributed by atoms with Crippen LogP contribution < -0.4 is 10.5 Å². The molecule has 156 valence electrons. The third kappa shape index (κ3) is 4.10. The highest BCUT2D eigenvalue weighted by Gasteiger charge is 2.32. The van der Waals surface area contributed by atoms with E-state index in [0.29, 0.717) is 12.2 Å². The van der Waals surface area contributed by atoms with E-state index >= 15 is 0 Å². The Labute approximate surface area is 168 Å². The molecule has 0 aromatic carbocycles. The van der Waals surface area contributed by atoms with Gasteiger partial charge in [0.1, 0.15) is 16.2 Å². The molecule has 0 atom stereocenters. The summed E-state index contributed by atoms with van der Waals surface area (Å²) in [6.07, 6.45) is 2.91. The Kier molecular flexibility index (Phi) is 5.89. The maximum Gasteiger partial charge on any atom is 0.265 e. The SMILES string of the molecule is CCOc1ncccc1C(=O)N1CCN(S(=O)(=O)c2cc(C(N)=O)n(C)c2)CC1. The average molecular weight is 421 g/mol. The van der Waals surface area contributed by atoms with E-state index in [1.807, 2.05) is 0 Å². The Morgan fingerprint density at radius 3 is 2.52 bits per heavy atom. The number of primary amides is 1. The smallest absolute Gasteiger partial charge is 0.265 e. The maximum absolute atomic E-state index is 12.9. The van der Waals surface area contributed by atoms with Crippen LogP contribution in [-0.2, 0) is 17.1 Å². The standard InChI is InChI=1S/C18H23N5O5S/c1-3-28-17-14(5-4-6-20-17)18(25)22-7-9-23(10-8-22)29(26,27)13-11-15(16(19)24)21(2)12-13/h4-6,11-12H,3,7-10H2,1-2H3,(H2,19,24). The predicted molar refractivity (Wildman–Crippen MR) is 104 cm³/mol. The second kappa shape index (κ2) is 8.21. The number of rotatable bonds is 6. The molecule has 3 rings (SSSR count). The first-order valence-corrected chi connectivity index (χ1v) is 10.5. The minimum absolute atomic E-state index is 0.000493. The van der Waals surface area contributed by atoms with Crippen molar-refractivity contribution in [3.05, 3.63) is 41.9 Å². The molecule has 2 aromatic rings. The fraction of sp³-hybridized carbons (Fsp3) is 0.389. The number of aromatic nitrogens is 2. The molecule has 2 amide bonds. The van der Waals surface area contributed by atoms with E-state index in [9.17, 15) is 18.0 Å². The summed E-state index contributed by atoms with van der Waals surface area (Å²) in [4.78, 5) is 29.9. The van der Waals surface area contributed by atoms with Crippen LogP contribution in [0.3, 0.4) is 0 Å². The van der Waals surface area contributed by atoms with Crippen LogP contribution >= 0.6 is 0 Å². The maximum atomic E-state index is 12.9. The van der Waals surface area contributed by atoms with E-state index in [1.54, 1.807) is 37.2 Å². The first kappa shape index (κ1) is 20.8. The highest BCUT2D eigenvalue weighted by molar-refractivity contribution is 7.89. The zero-order chi connectivity index (χ0) is 21.2. The van der Waals surface area contributed by atoms with E-state index in [2.05, 4.69) is 4.98 Å². The molecule has 1 aliphatic heterocycles. The van der Waals surface area contributed by atoms with Crippen LogP contribution in [0, 0.1) is 0 Å². The molecule has 0 aliphatic carbocycles. The molecule has 1 fully saturated rings. The molecule has 0 saturated carbocycles. The van der Waals surface area contributed by atoms with Crippen LogP contribution in [0.4, 0.5) is 0 Å². The second-order valence-electron chi connectivity index (χ2n) is 6.52. The largest absolute Gasteiger partial charge is 0.477 e. The summed E-state index contributed by atoms with van der Waals surface area (Å²) in [5.74, 6) is -0.696. The van der Waals surface area contributed by atoms with Crippen LogP contribution in [0.25, 0.3) is 0 Å². The molecular weight excluding hydrogens is 398 g/mol. The van der Waals surface area contributed by atoms with Gasteiger partial charge in [0.25, 0.3) is 11.8 Å². The van der Waals surface area contributed by atoms with Crippen molar-refractivity contribution in [1.29, 1.82) is 0 Å². The van der Waals surface area contributed by atoms with Gasteiger partial charge in [0, 0.05) is 45.6 Å². The molecule has 0 bridgehead atoms. The number of carbonyl (C=O) groups is 2. The number of nitrogens with two attached hydrogens (primary N) is 1. The van der Waals surface area contributed by atoms with E-state index in [4.69, 9.17) is 10.5 Å². The van der Waals surface area contributed by atoms with Crippen molar-refractivity contribution in [1.82, 2.24) is 18.8 Å². The fourth-order valence-electron chi connectivity index (χ4n) is 3.18. The molecule has 1 aliphatic rings.